The lowest BCUT2D eigenvalue weighted by atomic mass is 10.1. The van der Waals surface area contributed by atoms with Gasteiger partial charge in [0.1, 0.15) is 6.17 Å². The minimum absolute atomic E-state index is 0.473. The predicted molar refractivity (Wildman–Crippen MR) is 43.9 cm³/mol. The summed E-state index contributed by atoms with van der Waals surface area (Å²) in [6, 6.07) is 7.29. The van der Waals surface area contributed by atoms with E-state index in [0.717, 1.165) is 5.56 Å². The van der Waals surface area contributed by atoms with Gasteiger partial charge in [0, 0.05) is 6.54 Å². The molecule has 11 heavy (non-hydrogen) atoms. The monoisotopic (exact) mass is 153 g/mol. The maximum absolute atomic E-state index is 12.7. The molecule has 0 heterocycles. The summed E-state index contributed by atoms with van der Waals surface area (Å²) in [5.74, 6) is 0. The third-order valence-corrected chi connectivity index (χ3v) is 1.65. The van der Waals surface area contributed by atoms with Crippen LogP contribution in [0.1, 0.15) is 24.2 Å². The van der Waals surface area contributed by atoms with Crippen molar-refractivity contribution < 1.29 is 4.39 Å². The van der Waals surface area contributed by atoms with Crippen LogP contribution in [0.2, 0.25) is 0 Å². The SMILES string of the molecule is C[C@H](F)c1cccc(CN)c1. The molecule has 0 radical (unpaired) electrons. The van der Waals surface area contributed by atoms with E-state index in [9.17, 15) is 4.39 Å². The zero-order valence-corrected chi connectivity index (χ0v) is 6.55. The quantitative estimate of drug-likeness (QED) is 0.692. The van der Waals surface area contributed by atoms with Gasteiger partial charge >= 0.3 is 0 Å². The third kappa shape index (κ3) is 2.02. The van der Waals surface area contributed by atoms with Crippen LogP contribution in [0.15, 0.2) is 24.3 Å². The summed E-state index contributed by atoms with van der Waals surface area (Å²) in [7, 11) is 0. The highest BCUT2D eigenvalue weighted by Crippen LogP contribution is 2.16. The fraction of sp³-hybridized carbons (Fsp3) is 0.333. The average Bonchev–Trinajstić information content (AvgIpc) is 2.05. The van der Waals surface area contributed by atoms with E-state index >= 15 is 0 Å². The van der Waals surface area contributed by atoms with Gasteiger partial charge in [0.25, 0.3) is 0 Å². The number of alkyl halides is 1. The Morgan fingerprint density at radius 2 is 2.27 bits per heavy atom. The second-order valence-electron chi connectivity index (χ2n) is 2.57. The first-order valence-corrected chi connectivity index (χ1v) is 3.67. The molecule has 2 N–H and O–H groups in total. The van der Waals surface area contributed by atoms with E-state index in [2.05, 4.69) is 0 Å². The number of halogens is 1. The lowest BCUT2D eigenvalue weighted by Crippen LogP contribution is -1.97. The van der Waals surface area contributed by atoms with E-state index in [1.165, 1.54) is 6.92 Å². The number of rotatable bonds is 2. The zero-order valence-electron chi connectivity index (χ0n) is 6.55. The smallest absolute Gasteiger partial charge is 0.122 e. The second-order valence-corrected chi connectivity index (χ2v) is 2.57. The number of benzene rings is 1. The Bertz CT molecular complexity index is 233. The molecular weight excluding hydrogens is 141 g/mol. The van der Waals surface area contributed by atoms with Crippen molar-refractivity contribution in [1.82, 2.24) is 0 Å². The minimum atomic E-state index is -0.901. The van der Waals surface area contributed by atoms with Crippen molar-refractivity contribution in [2.24, 2.45) is 5.73 Å². The summed E-state index contributed by atoms with van der Waals surface area (Å²) in [5, 5.41) is 0. The topological polar surface area (TPSA) is 26.0 Å². The van der Waals surface area contributed by atoms with Crippen molar-refractivity contribution in [3.8, 4) is 0 Å². The molecule has 0 aliphatic carbocycles. The van der Waals surface area contributed by atoms with Gasteiger partial charge < -0.3 is 5.73 Å². The van der Waals surface area contributed by atoms with Crippen molar-refractivity contribution >= 4 is 0 Å². The number of hydrogen-bond acceptors (Lipinski definition) is 1. The molecule has 0 aliphatic rings. The van der Waals surface area contributed by atoms with Crippen LogP contribution in [0.3, 0.4) is 0 Å². The summed E-state index contributed by atoms with van der Waals surface area (Å²) in [6.45, 7) is 2.00. The molecule has 2 heteroatoms. The van der Waals surface area contributed by atoms with E-state index < -0.39 is 6.17 Å². The Labute approximate surface area is 66.0 Å². The molecule has 1 nitrogen and oxygen atoms in total. The van der Waals surface area contributed by atoms with E-state index in [4.69, 9.17) is 5.73 Å². The lowest BCUT2D eigenvalue weighted by molar-refractivity contribution is 0.374. The first kappa shape index (κ1) is 8.21. The molecule has 60 valence electrons. The van der Waals surface area contributed by atoms with Crippen LogP contribution in [0.4, 0.5) is 4.39 Å². The summed E-state index contributed by atoms with van der Waals surface area (Å²) in [5.41, 5.74) is 7.08. The molecule has 0 aromatic heterocycles. The van der Waals surface area contributed by atoms with Crippen molar-refractivity contribution in [3.63, 3.8) is 0 Å². The first-order valence-electron chi connectivity index (χ1n) is 3.67. The van der Waals surface area contributed by atoms with E-state index in [1.54, 1.807) is 12.1 Å². The van der Waals surface area contributed by atoms with Crippen LogP contribution >= 0.6 is 0 Å². The third-order valence-electron chi connectivity index (χ3n) is 1.65. The maximum atomic E-state index is 12.7. The van der Waals surface area contributed by atoms with Crippen LogP contribution < -0.4 is 5.73 Å². The van der Waals surface area contributed by atoms with Crippen molar-refractivity contribution in [3.05, 3.63) is 35.4 Å². The van der Waals surface area contributed by atoms with E-state index in [1.807, 2.05) is 12.1 Å². The summed E-state index contributed by atoms with van der Waals surface area (Å²) in [6.07, 6.45) is -0.901. The van der Waals surface area contributed by atoms with Gasteiger partial charge in [0.15, 0.2) is 0 Å². The standard InChI is InChI=1S/C9H12FN/c1-7(10)9-4-2-3-8(5-9)6-11/h2-5,7H,6,11H2,1H3/t7-/m0/s1. The summed E-state index contributed by atoms with van der Waals surface area (Å²) in [4.78, 5) is 0. The van der Waals surface area contributed by atoms with Crippen molar-refractivity contribution in [2.75, 3.05) is 0 Å². The van der Waals surface area contributed by atoms with Gasteiger partial charge in [0.2, 0.25) is 0 Å². The Morgan fingerprint density at radius 3 is 2.82 bits per heavy atom. The Morgan fingerprint density at radius 1 is 1.55 bits per heavy atom. The number of nitrogens with two attached hydrogens (primary N) is 1. The highest BCUT2D eigenvalue weighted by molar-refractivity contribution is 5.24. The van der Waals surface area contributed by atoms with Crippen LogP contribution in [0.25, 0.3) is 0 Å². The van der Waals surface area contributed by atoms with Crippen LogP contribution in [0.5, 0.6) is 0 Å². The highest BCUT2D eigenvalue weighted by atomic mass is 19.1. The molecule has 0 unspecified atom stereocenters. The first-order chi connectivity index (χ1) is 5.24. The molecule has 0 aliphatic heterocycles. The molecule has 1 aromatic carbocycles. The normalized spacial score (nSPS) is 13.0. The lowest BCUT2D eigenvalue weighted by Gasteiger charge is -2.03. The molecule has 0 bridgehead atoms. The average molecular weight is 153 g/mol. The zero-order chi connectivity index (χ0) is 8.27. The van der Waals surface area contributed by atoms with Gasteiger partial charge in [-0.25, -0.2) is 4.39 Å². The molecule has 0 saturated heterocycles. The van der Waals surface area contributed by atoms with E-state index in [-0.39, 0.29) is 0 Å². The molecule has 1 aromatic rings. The van der Waals surface area contributed by atoms with Crippen LogP contribution in [-0.2, 0) is 6.54 Å². The molecule has 0 amide bonds. The van der Waals surface area contributed by atoms with Gasteiger partial charge in [0.05, 0.1) is 0 Å². The van der Waals surface area contributed by atoms with Crippen LogP contribution in [-0.4, -0.2) is 0 Å². The fourth-order valence-electron chi connectivity index (χ4n) is 0.968. The Hall–Kier alpha value is -0.890. The molecule has 0 saturated carbocycles. The predicted octanol–water partition coefficient (Wildman–Crippen LogP) is 2.18. The van der Waals surface area contributed by atoms with Gasteiger partial charge in [-0.05, 0) is 18.1 Å². The molecule has 1 atom stereocenters. The highest BCUT2D eigenvalue weighted by Gasteiger charge is 2.01. The summed E-state index contributed by atoms with van der Waals surface area (Å²) >= 11 is 0. The van der Waals surface area contributed by atoms with Crippen molar-refractivity contribution in [2.45, 2.75) is 19.6 Å². The largest absolute Gasteiger partial charge is 0.326 e. The molecular formula is C9H12FN. The second kappa shape index (κ2) is 3.49. The number of hydrogen-bond donors (Lipinski definition) is 1. The minimum Gasteiger partial charge on any atom is -0.326 e. The van der Waals surface area contributed by atoms with Gasteiger partial charge in [-0.3, -0.25) is 0 Å². The van der Waals surface area contributed by atoms with Gasteiger partial charge in [-0.1, -0.05) is 24.3 Å². The van der Waals surface area contributed by atoms with Gasteiger partial charge in [-0.15, -0.1) is 0 Å². The van der Waals surface area contributed by atoms with Crippen molar-refractivity contribution in [1.29, 1.82) is 0 Å². The maximum Gasteiger partial charge on any atom is 0.122 e. The Balaban J connectivity index is 2.91. The van der Waals surface area contributed by atoms with E-state index in [0.29, 0.717) is 12.1 Å². The van der Waals surface area contributed by atoms with Gasteiger partial charge in [-0.2, -0.15) is 0 Å². The molecule has 1 rings (SSSR count). The van der Waals surface area contributed by atoms with Crippen LogP contribution in [0, 0.1) is 0 Å². The molecule has 0 spiro atoms. The molecule has 0 fully saturated rings. The fourth-order valence-corrected chi connectivity index (χ4v) is 0.968. The summed E-state index contributed by atoms with van der Waals surface area (Å²) < 4.78 is 12.7. The Kier molecular flexibility index (Phi) is 2.60.